The van der Waals surface area contributed by atoms with E-state index in [1.807, 2.05) is 6.92 Å². The van der Waals surface area contributed by atoms with E-state index in [9.17, 15) is 9.59 Å². The zero-order chi connectivity index (χ0) is 15.0. The Hall–Kier alpha value is -1.52. The molecule has 2 amide bonds. The maximum Gasteiger partial charge on any atom is 0.317 e. The number of hydrogen-bond acceptors (Lipinski definition) is 2. The van der Waals surface area contributed by atoms with E-state index in [-0.39, 0.29) is 12.6 Å². The fourth-order valence-corrected chi connectivity index (χ4v) is 2.34. The Labute approximate surface area is 121 Å². The molecule has 2 N–H and O–H groups in total. The maximum absolute atomic E-state index is 12.0. The Morgan fingerprint density at radius 1 is 1.45 bits per heavy atom. The van der Waals surface area contributed by atoms with Crippen molar-refractivity contribution in [2.45, 2.75) is 46.0 Å². The molecule has 114 valence electrons. The SMILES string of the molecule is CCN(CC(C)C(=O)O)C(=O)NCCC1=CCCCC1. The van der Waals surface area contributed by atoms with Crippen molar-refractivity contribution in [2.24, 2.45) is 5.92 Å². The van der Waals surface area contributed by atoms with Crippen molar-refractivity contribution in [3.8, 4) is 0 Å². The summed E-state index contributed by atoms with van der Waals surface area (Å²) < 4.78 is 0. The van der Waals surface area contributed by atoms with Crippen molar-refractivity contribution in [3.63, 3.8) is 0 Å². The highest BCUT2D eigenvalue weighted by Crippen LogP contribution is 2.19. The van der Waals surface area contributed by atoms with Crippen molar-refractivity contribution in [1.29, 1.82) is 0 Å². The van der Waals surface area contributed by atoms with E-state index in [1.54, 1.807) is 11.8 Å². The highest BCUT2D eigenvalue weighted by Gasteiger charge is 2.18. The summed E-state index contributed by atoms with van der Waals surface area (Å²) in [4.78, 5) is 24.4. The van der Waals surface area contributed by atoms with Crippen LogP contribution in [0.5, 0.6) is 0 Å². The molecule has 0 saturated carbocycles. The largest absolute Gasteiger partial charge is 0.481 e. The number of urea groups is 1. The molecule has 0 spiro atoms. The number of rotatable bonds is 7. The van der Waals surface area contributed by atoms with Gasteiger partial charge in [-0.3, -0.25) is 4.79 Å². The molecular formula is C15H26N2O3. The molecule has 0 aliphatic heterocycles. The third-order valence-corrected chi connectivity index (χ3v) is 3.69. The van der Waals surface area contributed by atoms with Gasteiger partial charge in [0.15, 0.2) is 0 Å². The lowest BCUT2D eigenvalue weighted by Crippen LogP contribution is -2.43. The molecule has 0 saturated heterocycles. The van der Waals surface area contributed by atoms with Gasteiger partial charge >= 0.3 is 12.0 Å². The highest BCUT2D eigenvalue weighted by molar-refractivity contribution is 5.75. The van der Waals surface area contributed by atoms with Gasteiger partial charge < -0.3 is 15.3 Å². The summed E-state index contributed by atoms with van der Waals surface area (Å²) >= 11 is 0. The van der Waals surface area contributed by atoms with Crippen LogP contribution in [-0.4, -0.2) is 41.6 Å². The molecule has 0 bridgehead atoms. The van der Waals surface area contributed by atoms with Crippen molar-refractivity contribution in [1.82, 2.24) is 10.2 Å². The Morgan fingerprint density at radius 2 is 2.20 bits per heavy atom. The molecule has 0 fully saturated rings. The molecule has 1 atom stereocenters. The van der Waals surface area contributed by atoms with Gasteiger partial charge in [-0.2, -0.15) is 0 Å². The topological polar surface area (TPSA) is 69.6 Å². The number of nitrogens with zero attached hydrogens (tertiary/aromatic N) is 1. The fraction of sp³-hybridized carbons (Fsp3) is 0.733. The number of carbonyl (C=O) groups excluding carboxylic acids is 1. The van der Waals surface area contributed by atoms with Crippen LogP contribution in [0.15, 0.2) is 11.6 Å². The molecule has 0 aromatic rings. The van der Waals surface area contributed by atoms with E-state index < -0.39 is 11.9 Å². The van der Waals surface area contributed by atoms with Crippen LogP contribution < -0.4 is 5.32 Å². The molecular weight excluding hydrogens is 256 g/mol. The molecule has 1 unspecified atom stereocenters. The van der Waals surface area contributed by atoms with Crippen molar-refractivity contribution < 1.29 is 14.7 Å². The average molecular weight is 282 g/mol. The van der Waals surface area contributed by atoms with Crippen molar-refractivity contribution in [3.05, 3.63) is 11.6 Å². The summed E-state index contributed by atoms with van der Waals surface area (Å²) in [6.45, 7) is 4.87. The Bertz CT molecular complexity index is 366. The minimum Gasteiger partial charge on any atom is -0.481 e. The summed E-state index contributed by atoms with van der Waals surface area (Å²) in [5.74, 6) is -1.41. The minimum atomic E-state index is -0.872. The zero-order valence-corrected chi connectivity index (χ0v) is 12.5. The average Bonchev–Trinajstić information content (AvgIpc) is 2.45. The van der Waals surface area contributed by atoms with Gasteiger partial charge in [0.2, 0.25) is 0 Å². The van der Waals surface area contributed by atoms with Crippen molar-refractivity contribution in [2.75, 3.05) is 19.6 Å². The first-order valence-corrected chi connectivity index (χ1v) is 7.48. The lowest BCUT2D eigenvalue weighted by molar-refractivity contribution is -0.141. The number of carbonyl (C=O) groups is 2. The van der Waals surface area contributed by atoms with Crippen LogP contribution in [0.1, 0.15) is 46.0 Å². The first kappa shape index (κ1) is 16.5. The number of amides is 2. The lowest BCUT2D eigenvalue weighted by atomic mass is 9.97. The predicted molar refractivity (Wildman–Crippen MR) is 78.6 cm³/mol. The standard InChI is InChI=1S/C15H26N2O3/c1-3-17(11-12(2)14(18)19)15(20)16-10-9-13-7-5-4-6-8-13/h7,12H,3-6,8-11H2,1-2H3,(H,16,20)(H,18,19). The number of hydrogen-bond donors (Lipinski definition) is 2. The minimum absolute atomic E-state index is 0.169. The number of allylic oxidation sites excluding steroid dienone is 1. The normalized spacial score (nSPS) is 16.2. The third-order valence-electron chi connectivity index (χ3n) is 3.69. The molecule has 0 aromatic heterocycles. The Morgan fingerprint density at radius 3 is 2.75 bits per heavy atom. The molecule has 0 radical (unpaired) electrons. The summed E-state index contributed by atoms with van der Waals surface area (Å²) in [5.41, 5.74) is 1.43. The fourth-order valence-electron chi connectivity index (χ4n) is 2.34. The van der Waals surface area contributed by atoms with Gasteiger partial charge in [-0.05, 0) is 39.0 Å². The first-order valence-electron chi connectivity index (χ1n) is 7.48. The van der Waals surface area contributed by atoms with E-state index in [2.05, 4.69) is 11.4 Å². The predicted octanol–water partition coefficient (Wildman–Crippen LogP) is 2.63. The second-order valence-corrected chi connectivity index (χ2v) is 5.37. The van der Waals surface area contributed by atoms with E-state index in [4.69, 9.17) is 5.11 Å². The summed E-state index contributed by atoms with van der Waals surface area (Å²) in [5, 5.41) is 11.8. The van der Waals surface area contributed by atoms with Gasteiger partial charge in [0, 0.05) is 19.6 Å². The molecule has 0 heterocycles. The van der Waals surface area contributed by atoms with Gasteiger partial charge in [0.05, 0.1) is 5.92 Å². The van der Waals surface area contributed by atoms with Crippen LogP contribution in [-0.2, 0) is 4.79 Å². The van der Waals surface area contributed by atoms with Gasteiger partial charge in [0.25, 0.3) is 0 Å². The van der Waals surface area contributed by atoms with Crippen LogP contribution >= 0.6 is 0 Å². The number of aliphatic carboxylic acids is 1. The summed E-state index contributed by atoms with van der Waals surface area (Å²) in [6, 6.07) is -0.169. The van der Waals surface area contributed by atoms with Gasteiger partial charge in [-0.15, -0.1) is 0 Å². The number of nitrogens with one attached hydrogen (secondary N) is 1. The highest BCUT2D eigenvalue weighted by atomic mass is 16.4. The van der Waals surface area contributed by atoms with Gasteiger partial charge in [0.1, 0.15) is 0 Å². The van der Waals surface area contributed by atoms with E-state index in [0.717, 1.165) is 19.3 Å². The first-order chi connectivity index (χ1) is 9.54. The molecule has 20 heavy (non-hydrogen) atoms. The van der Waals surface area contributed by atoms with Gasteiger partial charge in [-0.1, -0.05) is 18.6 Å². The van der Waals surface area contributed by atoms with Crippen LogP contribution in [0.25, 0.3) is 0 Å². The van der Waals surface area contributed by atoms with E-state index in [0.29, 0.717) is 13.1 Å². The van der Waals surface area contributed by atoms with Crippen LogP contribution in [0.3, 0.4) is 0 Å². The van der Waals surface area contributed by atoms with Crippen LogP contribution in [0.2, 0.25) is 0 Å². The molecule has 1 aliphatic carbocycles. The smallest absolute Gasteiger partial charge is 0.317 e. The molecule has 0 aromatic carbocycles. The molecule has 5 heteroatoms. The van der Waals surface area contributed by atoms with Crippen molar-refractivity contribution >= 4 is 12.0 Å². The van der Waals surface area contributed by atoms with Gasteiger partial charge in [-0.25, -0.2) is 4.79 Å². The molecule has 1 aliphatic rings. The lowest BCUT2D eigenvalue weighted by Gasteiger charge is -2.23. The summed E-state index contributed by atoms with van der Waals surface area (Å²) in [7, 11) is 0. The third kappa shape index (κ3) is 5.63. The second kappa shape index (κ2) is 8.61. The van der Waals surface area contributed by atoms with E-state index in [1.165, 1.54) is 18.4 Å². The quantitative estimate of drug-likeness (QED) is 0.705. The second-order valence-electron chi connectivity index (χ2n) is 5.37. The Kier molecular flexibility index (Phi) is 7.12. The molecule has 1 rings (SSSR count). The zero-order valence-electron chi connectivity index (χ0n) is 12.5. The summed E-state index contributed by atoms with van der Waals surface area (Å²) in [6.07, 6.45) is 7.99. The maximum atomic E-state index is 12.0. The number of carboxylic acid groups (broad SMARTS) is 1. The van der Waals surface area contributed by atoms with Crippen LogP contribution in [0, 0.1) is 5.92 Å². The number of carboxylic acids is 1. The molecule has 5 nitrogen and oxygen atoms in total. The monoisotopic (exact) mass is 282 g/mol. The Balaban J connectivity index is 2.31. The van der Waals surface area contributed by atoms with E-state index >= 15 is 0 Å². The van der Waals surface area contributed by atoms with Crippen LogP contribution in [0.4, 0.5) is 4.79 Å².